The molecular weight excluding hydrogens is 270 g/mol. The zero-order valence-electron chi connectivity index (χ0n) is 10.4. The molecule has 0 aliphatic heterocycles. The van der Waals surface area contributed by atoms with Gasteiger partial charge in [-0.1, -0.05) is 28.8 Å². The van der Waals surface area contributed by atoms with Crippen LogP contribution in [0.1, 0.15) is 27.0 Å². The topological polar surface area (TPSA) is 17.1 Å². The average molecular weight is 281 g/mol. The van der Waals surface area contributed by atoms with E-state index in [1.807, 2.05) is 19.9 Å². The monoisotopic (exact) mass is 280 g/mol. The van der Waals surface area contributed by atoms with Crippen LogP contribution in [0.15, 0.2) is 30.3 Å². The summed E-state index contributed by atoms with van der Waals surface area (Å²) >= 11 is 5.46. The second-order valence-corrected chi connectivity index (χ2v) is 4.86. The van der Waals surface area contributed by atoms with Crippen LogP contribution in [0.5, 0.6) is 0 Å². The lowest BCUT2D eigenvalue weighted by Crippen LogP contribution is -2.06. The van der Waals surface area contributed by atoms with E-state index in [-0.39, 0.29) is 10.6 Å². The molecule has 0 heterocycles. The van der Waals surface area contributed by atoms with Crippen molar-refractivity contribution < 1.29 is 13.6 Å². The van der Waals surface area contributed by atoms with Crippen LogP contribution >= 0.6 is 11.6 Å². The molecule has 0 unspecified atom stereocenters. The third-order valence-corrected chi connectivity index (χ3v) is 3.03. The third-order valence-electron chi connectivity index (χ3n) is 2.74. The van der Waals surface area contributed by atoms with Gasteiger partial charge in [0.15, 0.2) is 5.78 Å². The molecule has 19 heavy (non-hydrogen) atoms. The number of hydrogen-bond acceptors (Lipinski definition) is 1. The molecular formula is C15H11ClF2O. The first kappa shape index (κ1) is 13.7. The van der Waals surface area contributed by atoms with Gasteiger partial charge in [-0.15, -0.1) is 0 Å². The molecule has 2 aromatic rings. The third kappa shape index (κ3) is 2.82. The highest BCUT2D eigenvalue weighted by Crippen LogP contribution is 2.22. The summed E-state index contributed by atoms with van der Waals surface area (Å²) in [4.78, 5) is 12.2. The first-order valence-corrected chi connectivity index (χ1v) is 6.04. The van der Waals surface area contributed by atoms with Gasteiger partial charge in [-0.3, -0.25) is 4.79 Å². The Morgan fingerprint density at radius 2 is 1.53 bits per heavy atom. The van der Waals surface area contributed by atoms with Crippen LogP contribution in [0.3, 0.4) is 0 Å². The van der Waals surface area contributed by atoms with Crippen molar-refractivity contribution in [3.05, 3.63) is 69.2 Å². The van der Waals surface area contributed by atoms with Gasteiger partial charge in [0.05, 0.1) is 10.6 Å². The maximum atomic E-state index is 13.7. The number of halogens is 3. The summed E-state index contributed by atoms with van der Waals surface area (Å²) in [5.74, 6) is -2.19. The molecule has 0 spiro atoms. The van der Waals surface area contributed by atoms with Crippen molar-refractivity contribution >= 4 is 17.4 Å². The van der Waals surface area contributed by atoms with Gasteiger partial charge < -0.3 is 0 Å². The number of rotatable bonds is 2. The standard InChI is InChI=1S/C15H11ClF2O/c1-8-3-9(2)5-10(4-8)15(19)11-6-14(18)12(16)7-13(11)17/h3-7H,1-2H3. The van der Waals surface area contributed by atoms with Crippen LogP contribution < -0.4 is 0 Å². The predicted molar refractivity (Wildman–Crippen MR) is 70.7 cm³/mol. The summed E-state index contributed by atoms with van der Waals surface area (Å²) < 4.78 is 27.0. The quantitative estimate of drug-likeness (QED) is 0.586. The van der Waals surface area contributed by atoms with Crippen molar-refractivity contribution in [1.29, 1.82) is 0 Å². The minimum Gasteiger partial charge on any atom is -0.288 e. The molecule has 0 atom stereocenters. The Balaban J connectivity index is 2.53. The van der Waals surface area contributed by atoms with Gasteiger partial charge in [-0.05, 0) is 38.1 Å². The molecule has 0 N–H and O–H groups in total. The van der Waals surface area contributed by atoms with Crippen LogP contribution in [0.4, 0.5) is 8.78 Å². The number of ketones is 1. The Kier molecular flexibility index (Phi) is 3.67. The molecule has 4 heteroatoms. The first-order valence-electron chi connectivity index (χ1n) is 5.66. The van der Waals surface area contributed by atoms with Crippen molar-refractivity contribution in [2.24, 2.45) is 0 Å². The van der Waals surface area contributed by atoms with Crippen molar-refractivity contribution in [3.8, 4) is 0 Å². The molecule has 2 aromatic carbocycles. The molecule has 0 bridgehead atoms. The molecule has 0 saturated carbocycles. The average Bonchev–Trinajstić information content (AvgIpc) is 2.31. The maximum Gasteiger partial charge on any atom is 0.196 e. The van der Waals surface area contributed by atoms with Crippen LogP contribution in [0, 0.1) is 25.5 Å². The summed E-state index contributed by atoms with van der Waals surface area (Å²) in [6.07, 6.45) is 0. The van der Waals surface area contributed by atoms with E-state index >= 15 is 0 Å². The molecule has 0 radical (unpaired) electrons. The van der Waals surface area contributed by atoms with Gasteiger partial charge in [0.1, 0.15) is 11.6 Å². The second-order valence-electron chi connectivity index (χ2n) is 4.45. The molecule has 0 aliphatic carbocycles. The predicted octanol–water partition coefficient (Wildman–Crippen LogP) is 4.47. The lowest BCUT2D eigenvalue weighted by atomic mass is 9.99. The summed E-state index contributed by atoms with van der Waals surface area (Å²) in [6, 6.07) is 6.82. The highest BCUT2D eigenvalue weighted by molar-refractivity contribution is 6.30. The fourth-order valence-corrected chi connectivity index (χ4v) is 2.11. The van der Waals surface area contributed by atoms with E-state index in [2.05, 4.69) is 0 Å². The number of benzene rings is 2. The lowest BCUT2D eigenvalue weighted by Gasteiger charge is -2.06. The normalized spacial score (nSPS) is 10.6. The van der Waals surface area contributed by atoms with Gasteiger partial charge >= 0.3 is 0 Å². The highest BCUT2D eigenvalue weighted by Gasteiger charge is 2.17. The van der Waals surface area contributed by atoms with E-state index in [9.17, 15) is 13.6 Å². The summed E-state index contributed by atoms with van der Waals surface area (Å²) in [5.41, 5.74) is 1.79. The summed E-state index contributed by atoms with van der Waals surface area (Å²) in [5, 5.41) is -0.338. The van der Waals surface area contributed by atoms with E-state index in [0.717, 1.165) is 23.3 Å². The molecule has 0 aliphatic rings. The Hall–Kier alpha value is -1.74. The van der Waals surface area contributed by atoms with E-state index in [1.165, 1.54) is 0 Å². The highest BCUT2D eigenvalue weighted by atomic mass is 35.5. The Morgan fingerprint density at radius 3 is 2.11 bits per heavy atom. The van der Waals surface area contributed by atoms with Gasteiger partial charge in [-0.2, -0.15) is 0 Å². The van der Waals surface area contributed by atoms with Crippen LogP contribution in [0.25, 0.3) is 0 Å². The molecule has 0 fully saturated rings. The van der Waals surface area contributed by atoms with E-state index in [4.69, 9.17) is 11.6 Å². The SMILES string of the molecule is Cc1cc(C)cc(C(=O)c2cc(F)c(Cl)cc2F)c1. The molecule has 98 valence electrons. The van der Waals surface area contributed by atoms with Crippen molar-refractivity contribution in [2.45, 2.75) is 13.8 Å². The fourth-order valence-electron chi connectivity index (χ4n) is 1.96. The van der Waals surface area contributed by atoms with Crippen molar-refractivity contribution in [3.63, 3.8) is 0 Å². The fraction of sp³-hybridized carbons (Fsp3) is 0.133. The number of aryl methyl sites for hydroxylation is 2. The number of hydrogen-bond donors (Lipinski definition) is 0. The summed E-state index contributed by atoms with van der Waals surface area (Å²) in [6.45, 7) is 3.67. The van der Waals surface area contributed by atoms with E-state index < -0.39 is 17.4 Å². The lowest BCUT2D eigenvalue weighted by molar-refractivity contribution is 0.103. The Bertz CT molecular complexity index is 645. The van der Waals surface area contributed by atoms with Gasteiger partial charge in [0, 0.05) is 5.56 Å². The molecule has 0 aromatic heterocycles. The summed E-state index contributed by atoms with van der Waals surface area (Å²) in [7, 11) is 0. The van der Waals surface area contributed by atoms with Gasteiger partial charge in [0.2, 0.25) is 0 Å². The maximum absolute atomic E-state index is 13.7. The van der Waals surface area contributed by atoms with E-state index in [0.29, 0.717) is 5.56 Å². The number of carbonyl (C=O) groups excluding carboxylic acids is 1. The van der Waals surface area contributed by atoms with Crippen LogP contribution in [-0.2, 0) is 0 Å². The zero-order valence-corrected chi connectivity index (χ0v) is 11.2. The first-order chi connectivity index (χ1) is 8.88. The van der Waals surface area contributed by atoms with Gasteiger partial charge in [-0.25, -0.2) is 8.78 Å². The van der Waals surface area contributed by atoms with Crippen molar-refractivity contribution in [1.82, 2.24) is 0 Å². The molecule has 1 nitrogen and oxygen atoms in total. The Morgan fingerprint density at radius 1 is 0.947 bits per heavy atom. The number of carbonyl (C=O) groups is 1. The smallest absolute Gasteiger partial charge is 0.196 e. The van der Waals surface area contributed by atoms with E-state index in [1.54, 1.807) is 12.1 Å². The molecule has 2 rings (SSSR count). The zero-order chi connectivity index (χ0) is 14.2. The van der Waals surface area contributed by atoms with Crippen LogP contribution in [0.2, 0.25) is 5.02 Å². The van der Waals surface area contributed by atoms with Crippen LogP contribution in [-0.4, -0.2) is 5.78 Å². The Labute approximate surface area is 114 Å². The largest absolute Gasteiger partial charge is 0.288 e. The minimum absolute atomic E-state index is 0.313. The molecule has 0 amide bonds. The van der Waals surface area contributed by atoms with Gasteiger partial charge in [0.25, 0.3) is 0 Å². The second kappa shape index (κ2) is 5.10. The van der Waals surface area contributed by atoms with Crippen molar-refractivity contribution in [2.75, 3.05) is 0 Å². The molecule has 0 saturated heterocycles. The minimum atomic E-state index is -0.824.